The fourth-order valence-corrected chi connectivity index (χ4v) is 3.92. The Morgan fingerprint density at radius 3 is 2.40 bits per heavy atom. The average Bonchev–Trinajstić information content (AvgIpc) is 2.55. The summed E-state index contributed by atoms with van der Waals surface area (Å²) in [5, 5.41) is 3.29. The summed E-state index contributed by atoms with van der Waals surface area (Å²) in [6.45, 7) is 2.43. The van der Waals surface area contributed by atoms with Gasteiger partial charge in [-0.1, -0.05) is 58.3 Å². The number of hydrogen-bond acceptors (Lipinski definition) is 5. The predicted molar refractivity (Wildman–Crippen MR) is 99.2 cm³/mol. The van der Waals surface area contributed by atoms with Crippen molar-refractivity contribution < 1.29 is 22.5 Å². The van der Waals surface area contributed by atoms with Crippen LogP contribution < -0.4 is 5.32 Å². The summed E-state index contributed by atoms with van der Waals surface area (Å²) in [7, 11) is -4.17. The van der Waals surface area contributed by atoms with Crippen molar-refractivity contribution in [3.63, 3.8) is 0 Å². The minimum atomic E-state index is -4.17. The van der Waals surface area contributed by atoms with E-state index < -0.39 is 22.0 Å². The molecule has 0 radical (unpaired) electrons. The van der Waals surface area contributed by atoms with Gasteiger partial charge in [-0.15, -0.1) is 0 Å². The zero-order valence-electron chi connectivity index (χ0n) is 15.5. The SMILES string of the molecule is CCCCCCCCC(=O)OC(CNC1CCCCC1)CS(=O)(=O)O. The van der Waals surface area contributed by atoms with Gasteiger partial charge >= 0.3 is 5.97 Å². The maximum atomic E-state index is 12.0. The van der Waals surface area contributed by atoms with Gasteiger partial charge in [-0.05, 0) is 19.3 Å². The summed E-state index contributed by atoms with van der Waals surface area (Å²) in [5.41, 5.74) is 0. The Morgan fingerprint density at radius 1 is 1.12 bits per heavy atom. The van der Waals surface area contributed by atoms with Gasteiger partial charge in [-0.25, -0.2) is 0 Å². The van der Waals surface area contributed by atoms with Gasteiger partial charge < -0.3 is 10.1 Å². The molecule has 0 aromatic carbocycles. The van der Waals surface area contributed by atoms with Gasteiger partial charge in [0.1, 0.15) is 11.9 Å². The van der Waals surface area contributed by atoms with Crippen molar-refractivity contribution in [3.8, 4) is 0 Å². The van der Waals surface area contributed by atoms with Crippen LogP contribution in [-0.4, -0.2) is 43.4 Å². The minimum absolute atomic E-state index is 0.271. The van der Waals surface area contributed by atoms with Crippen LogP contribution in [0.2, 0.25) is 0 Å². The van der Waals surface area contributed by atoms with Crippen molar-refractivity contribution in [2.24, 2.45) is 0 Å². The highest BCUT2D eigenvalue weighted by Gasteiger charge is 2.23. The van der Waals surface area contributed by atoms with E-state index in [1.807, 2.05) is 0 Å². The Bertz CT molecular complexity index is 460. The fourth-order valence-electron chi connectivity index (χ4n) is 3.27. The number of rotatable bonds is 13. The Labute approximate surface area is 152 Å². The Morgan fingerprint density at radius 2 is 1.76 bits per heavy atom. The average molecular weight is 378 g/mol. The lowest BCUT2D eigenvalue weighted by atomic mass is 9.95. The molecule has 1 fully saturated rings. The first-order chi connectivity index (χ1) is 11.9. The van der Waals surface area contributed by atoms with Crippen LogP contribution in [0.5, 0.6) is 0 Å². The summed E-state index contributed by atoms with van der Waals surface area (Å²) >= 11 is 0. The summed E-state index contributed by atoms with van der Waals surface area (Å²) in [4.78, 5) is 12.0. The summed E-state index contributed by atoms with van der Waals surface area (Å²) in [5.74, 6) is -0.927. The van der Waals surface area contributed by atoms with Crippen molar-refractivity contribution >= 4 is 16.1 Å². The Hall–Kier alpha value is -0.660. The molecule has 25 heavy (non-hydrogen) atoms. The van der Waals surface area contributed by atoms with E-state index in [4.69, 9.17) is 9.29 Å². The van der Waals surface area contributed by atoms with Gasteiger partial charge in [0.25, 0.3) is 10.1 Å². The predicted octanol–water partition coefficient (Wildman–Crippen LogP) is 3.46. The van der Waals surface area contributed by atoms with Gasteiger partial charge in [0.05, 0.1) is 0 Å². The van der Waals surface area contributed by atoms with Crippen molar-refractivity contribution in [1.29, 1.82) is 0 Å². The van der Waals surface area contributed by atoms with Gasteiger partial charge in [-0.2, -0.15) is 8.42 Å². The highest BCUT2D eigenvalue weighted by Crippen LogP contribution is 2.17. The zero-order valence-corrected chi connectivity index (χ0v) is 16.4. The topological polar surface area (TPSA) is 92.7 Å². The molecule has 7 heteroatoms. The van der Waals surface area contributed by atoms with Crippen LogP contribution in [0.15, 0.2) is 0 Å². The second kappa shape index (κ2) is 12.7. The Kier molecular flexibility index (Phi) is 11.3. The number of hydrogen-bond donors (Lipinski definition) is 2. The van der Waals surface area contributed by atoms with Crippen LogP contribution in [0.1, 0.15) is 84.0 Å². The lowest BCUT2D eigenvalue weighted by Crippen LogP contribution is -2.41. The lowest BCUT2D eigenvalue weighted by molar-refractivity contribution is -0.148. The molecule has 6 nitrogen and oxygen atoms in total. The van der Waals surface area contributed by atoms with Gasteiger partial charge in [0.15, 0.2) is 0 Å². The molecule has 1 rings (SSSR count). The third-order valence-corrected chi connectivity index (χ3v) is 5.46. The third kappa shape index (κ3) is 12.3. The number of carbonyl (C=O) groups excluding carboxylic acids is 1. The van der Waals surface area contributed by atoms with Crippen molar-refractivity contribution in [2.75, 3.05) is 12.3 Å². The van der Waals surface area contributed by atoms with Crippen LogP contribution in [-0.2, 0) is 19.6 Å². The molecule has 1 aliphatic rings. The van der Waals surface area contributed by atoms with E-state index in [1.165, 1.54) is 38.5 Å². The summed E-state index contributed by atoms with van der Waals surface area (Å²) in [6.07, 6.45) is 11.6. The first-order valence-electron chi connectivity index (χ1n) is 9.78. The molecule has 0 saturated heterocycles. The minimum Gasteiger partial charge on any atom is -0.460 e. The molecule has 1 saturated carbocycles. The summed E-state index contributed by atoms with van der Waals surface area (Å²) in [6, 6.07) is 0.343. The van der Waals surface area contributed by atoms with Gasteiger partial charge in [0.2, 0.25) is 0 Å². The number of nitrogens with one attached hydrogen (secondary N) is 1. The first-order valence-corrected chi connectivity index (χ1v) is 11.4. The van der Waals surface area contributed by atoms with Gasteiger partial charge in [-0.3, -0.25) is 9.35 Å². The van der Waals surface area contributed by atoms with E-state index in [0.717, 1.165) is 32.1 Å². The van der Waals surface area contributed by atoms with Crippen LogP contribution in [0.25, 0.3) is 0 Å². The highest BCUT2D eigenvalue weighted by molar-refractivity contribution is 7.85. The van der Waals surface area contributed by atoms with E-state index in [9.17, 15) is 13.2 Å². The molecule has 0 spiro atoms. The van der Waals surface area contributed by atoms with E-state index in [1.54, 1.807) is 0 Å². The maximum Gasteiger partial charge on any atom is 0.306 e. The molecule has 0 aromatic heterocycles. The second-order valence-electron chi connectivity index (χ2n) is 7.12. The number of carbonyl (C=O) groups is 1. The molecule has 0 aromatic rings. The quantitative estimate of drug-likeness (QED) is 0.290. The monoisotopic (exact) mass is 377 g/mol. The molecular weight excluding hydrogens is 342 g/mol. The van der Waals surface area contributed by atoms with Crippen LogP contribution >= 0.6 is 0 Å². The van der Waals surface area contributed by atoms with Crippen LogP contribution in [0.3, 0.4) is 0 Å². The number of unbranched alkanes of at least 4 members (excludes halogenated alkanes) is 5. The fraction of sp³-hybridized carbons (Fsp3) is 0.944. The van der Waals surface area contributed by atoms with Crippen LogP contribution in [0.4, 0.5) is 0 Å². The van der Waals surface area contributed by atoms with E-state index >= 15 is 0 Å². The summed E-state index contributed by atoms with van der Waals surface area (Å²) < 4.78 is 36.7. The van der Waals surface area contributed by atoms with Crippen molar-refractivity contribution in [2.45, 2.75) is 96.1 Å². The van der Waals surface area contributed by atoms with E-state index in [-0.39, 0.29) is 12.5 Å². The third-order valence-electron chi connectivity index (χ3n) is 4.67. The molecule has 0 amide bonds. The molecule has 1 aliphatic carbocycles. The maximum absolute atomic E-state index is 12.0. The van der Waals surface area contributed by atoms with Crippen molar-refractivity contribution in [3.05, 3.63) is 0 Å². The molecule has 1 unspecified atom stereocenters. The molecule has 0 aliphatic heterocycles. The smallest absolute Gasteiger partial charge is 0.306 e. The molecule has 2 N–H and O–H groups in total. The first kappa shape index (κ1) is 22.4. The second-order valence-corrected chi connectivity index (χ2v) is 8.62. The van der Waals surface area contributed by atoms with E-state index in [0.29, 0.717) is 12.5 Å². The number of ether oxygens (including phenoxy) is 1. The molecule has 0 bridgehead atoms. The zero-order chi connectivity index (χ0) is 18.5. The Balaban J connectivity index is 2.32. The van der Waals surface area contributed by atoms with Crippen molar-refractivity contribution in [1.82, 2.24) is 5.32 Å². The van der Waals surface area contributed by atoms with E-state index in [2.05, 4.69) is 12.2 Å². The largest absolute Gasteiger partial charge is 0.460 e. The van der Waals surface area contributed by atoms with Gasteiger partial charge in [0, 0.05) is 19.0 Å². The standard InChI is InChI=1S/C18H35NO5S/c1-2-3-4-5-6-10-13-18(20)24-17(15-25(21,22)23)14-19-16-11-8-7-9-12-16/h16-17,19H,2-15H2,1H3,(H,21,22,23). The lowest BCUT2D eigenvalue weighted by Gasteiger charge is -2.25. The highest BCUT2D eigenvalue weighted by atomic mass is 32.2. The molecule has 148 valence electrons. The molecular formula is C18H35NO5S. The normalized spacial score (nSPS) is 17.4. The molecule has 0 heterocycles. The van der Waals surface area contributed by atoms with Crippen LogP contribution in [0, 0.1) is 0 Å². The number of esters is 1. The molecule has 1 atom stereocenters.